The lowest BCUT2D eigenvalue weighted by atomic mass is 10.0. The SMILES string of the molecule is CCCC/C=C(\CCO)c1ccccc1.CCCCC#CCCO. The molecule has 1 aromatic carbocycles. The van der Waals surface area contributed by atoms with Crippen molar-refractivity contribution in [3.05, 3.63) is 42.0 Å². The van der Waals surface area contributed by atoms with E-state index in [4.69, 9.17) is 10.2 Å². The topological polar surface area (TPSA) is 40.5 Å². The summed E-state index contributed by atoms with van der Waals surface area (Å²) in [6.07, 6.45) is 10.6. The van der Waals surface area contributed by atoms with Crippen LogP contribution in [0.5, 0.6) is 0 Å². The molecule has 134 valence electrons. The Morgan fingerprint density at radius 3 is 2.17 bits per heavy atom. The van der Waals surface area contributed by atoms with Crippen molar-refractivity contribution in [3.63, 3.8) is 0 Å². The average Bonchev–Trinajstić information content (AvgIpc) is 2.62. The fourth-order valence-electron chi connectivity index (χ4n) is 2.12. The summed E-state index contributed by atoms with van der Waals surface area (Å²) in [5.41, 5.74) is 2.51. The number of aliphatic hydroxyl groups is 2. The van der Waals surface area contributed by atoms with Crippen LogP contribution in [0.3, 0.4) is 0 Å². The zero-order valence-electron chi connectivity index (χ0n) is 15.4. The smallest absolute Gasteiger partial charge is 0.0540 e. The van der Waals surface area contributed by atoms with Gasteiger partial charge in [-0.05, 0) is 30.4 Å². The summed E-state index contributed by atoms with van der Waals surface area (Å²) in [6, 6.07) is 10.3. The van der Waals surface area contributed by atoms with Crippen LogP contribution in [-0.4, -0.2) is 23.4 Å². The summed E-state index contributed by atoms with van der Waals surface area (Å²) >= 11 is 0. The maximum atomic E-state index is 9.01. The van der Waals surface area contributed by atoms with Gasteiger partial charge in [0.05, 0.1) is 6.61 Å². The molecular formula is C22H34O2. The van der Waals surface area contributed by atoms with E-state index in [1.54, 1.807) is 0 Å². The molecule has 0 saturated carbocycles. The Morgan fingerprint density at radius 1 is 0.917 bits per heavy atom. The Labute approximate surface area is 148 Å². The van der Waals surface area contributed by atoms with Gasteiger partial charge < -0.3 is 10.2 Å². The third-order valence-electron chi connectivity index (χ3n) is 3.49. The van der Waals surface area contributed by atoms with Crippen LogP contribution >= 0.6 is 0 Å². The van der Waals surface area contributed by atoms with Crippen LogP contribution in [0, 0.1) is 11.8 Å². The second-order valence-corrected chi connectivity index (χ2v) is 5.64. The van der Waals surface area contributed by atoms with E-state index in [2.05, 4.69) is 43.9 Å². The molecule has 0 atom stereocenters. The lowest BCUT2D eigenvalue weighted by molar-refractivity contribution is 0.304. The lowest BCUT2D eigenvalue weighted by Gasteiger charge is -2.06. The third-order valence-corrected chi connectivity index (χ3v) is 3.49. The summed E-state index contributed by atoms with van der Waals surface area (Å²) in [5, 5.41) is 17.3. The zero-order valence-corrected chi connectivity index (χ0v) is 15.4. The largest absolute Gasteiger partial charge is 0.396 e. The van der Waals surface area contributed by atoms with Crippen molar-refractivity contribution in [2.75, 3.05) is 13.2 Å². The Morgan fingerprint density at radius 2 is 1.58 bits per heavy atom. The fourth-order valence-corrected chi connectivity index (χ4v) is 2.12. The number of benzene rings is 1. The average molecular weight is 331 g/mol. The summed E-state index contributed by atoms with van der Waals surface area (Å²) in [5.74, 6) is 5.85. The molecule has 0 aliphatic rings. The molecule has 0 amide bonds. The number of rotatable bonds is 9. The van der Waals surface area contributed by atoms with Gasteiger partial charge >= 0.3 is 0 Å². The van der Waals surface area contributed by atoms with Gasteiger partial charge in [-0.2, -0.15) is 0 Å². The van der Waals surface area contributed by atoms with Gasteiger partial charge in [-0.15, -0.1) is 11.8 Å². The lowest BCUT2D eigenvalue weighted by Crippen LogP contribution is -1.89. The maximum Gasteiger partial charge on any atom is 0.0540 e. The van der Waals surface area contributed by atoms with Crippen LogP contribution in [0.25, 0.3) is 5.57 Å². The van der Waals surface area contributed by atoms with E-state index >= 15 is 0 Å². The van der Waals surface area contributed by atoms with E-state index in [-0.39, 0.29) is 13.2 Å². The predicted molar refractivity (Wildman–Crippen MR) is 105 cm³/mol. The monoisotopic (exact) mass is 330 g/mol. The van der Waals surface area contributed by atoms with Crippen molar-refractivity contribution in [2.45, 2.75) is 65.2 Å². The van der Waals surface area contributed by atoms with Crippen LogP contribution in [0.15, 0.2) is 36.4 Å². The van der Waals surface area contributed by atoms with Crippen molar-refractivity contribution in [1.29, 1.82) is 0 Å². The first-order valence-electron chi connectivity index (χ1n) is 9.21. The summed E-state index contributed by atoms with van der Waals surface area (Å²) < 4.78 is 0. The molecule has 2 heteroatoms. The van der Waals surface area contributed by atoms with E-state index in [0.717, 1.165) is 19.3 Å². The minimum absolute atomic E-state index is 0.194. The molecule has 0 heterocycles. The minimum Gasteiger partial charge on any atom is -0.396 e. The number of aliphatic hydroxyl groups excluding tert-OH is 2. The minimum atomic E-state index is 0.194. The Balaban J connectivity index is 0.000000506. The van der Waals surface area contributed by atoms with Gasteiger partial charge in [-0.1, -0.05) is 69.5 Å². The van der Waals surface area contributed by atoms with Gasteiger partial charge in [0.2, 0.25) is 0 Å². The van der Waals surface area contributed by atoms with Crippen LogP contribution in [0.2, 0.25) is 0 Å². The highest BCUT2D eigenvalue weighted by molar-refractivity contribution is 5.65. The first-order chi connectivity index (χ1) is 11.8. The molecule has 0 saturated heterocycles. The quantitative estimate of drug-likeness (QED) is 0.482. The molecule has 0 aliphatic carbocycles. The summed E-state index contributed by atoms with van der Waals surface area (Å²) in [7, 11) is 0. The number of unbranched alkanes of at least 4 members (excludes halogenated alkanes) is 4. The van der Waals surface area contributed by atoms with Crippen molar-refractivity contribution in [1.82, 2.24) is 0 Å². The third kappa shape index (κ3) is 12.9. The molecule has 1 aromatic rings. The van der Waals surface area contributed by atoms with Crippen LogP contribution in [-0.2, 0) is 0 Å². The van der Waals surface area contributed by atoms with Crippen molar-refractivity contribution < 1.29 is 10.2 Å². The zero-order chi connectivity index (χ0) is 17.9. The highest BCUT2D eigenvalue weighted by Gasteiger charge is 1.99. The van der Waals surface area contributed by atoms with Gasteiger partial charge in [-0.3, -0.25) is 0 Å². The molecule has 0 spiro atoms. The molecule has 0 aliphatic heterocycles. The van der Waals surface area contributed by atoms with Crippen LogP contribution < -0.4 is 0 Å². The fraction of sp³-hybridized carbons (Fsp3) is 0.545. The Hall–Kier alpha value is -1.56. The van der Waals surface area contributed by atoms with E-state index in [9.17, 15) is 0 Å². The van der Waals surface area contributed by atoms with Crippen LogP contribution in [0.1, 0.15) is 70.8 Å². The first-order valence-corrected chi connectivity index (χ1v) is 9.21. The molecule has 2 N–H and O–H groups in total. The second kappa shape index (κ2) is 17.8. The molecule has 0 bridgehead atoms. The highest BCUT2D eigenvalue weighted by atomic mass is 16.3. The van der Waals surface area contributed by atoms with Crippen LogP contribution in [0.4, 0.5) is 0 Å². The predicted octanol–water partition coefficient (Wildman–Crippen LogP) is 5.21. The van der Waals surface area contributed by atoms with E-state index in [0.29, 0.717) is 6.42 Å². The Kier molecular flexibility index (Phi) is 16.6. The van der Waals surface area contributed by atoms with Gasteiger partial charge in [0, 0.05) is 19.4 Å². The highest BCUT2D eigenvalue weighted by Crippen LogP contribution is 2.18. The number of hydrogen-bond acceptors (Lipinski definition) is 2. The second-order valence-electron chi connectivity index (χ2n) is 5.64. The normalized spacial score (nSPS) is 10.4. The molecule has 0 fully saturated rings. The maximum absolute atomic E-state index is 9.01. The van der Waals surface area contributed by atoms with Crippen molar-refractivity contribution in [3.8, 4) is 11.8 Å². The standard InChI is InChI=1S/C14H20O.C8H14O/c1-2-3-5-8-14(11-12-15)13-9-6-4-7-10-13;1-2-3-4-5-6-7-8-9/h4,6-10,15H,2-3,5,11-12H2,1H3;9H,2-4,7-8H2,1H3/b14-8+;. The number of hydrogen-bond donors (Lipinski definition) is 2. The van der Waals surface area contributed by atoms with Gasteiger partial charge in [0.1, 0.15) is 0 Å². The summed E-state index contributed by atoms with van der Waals surface area (Å²) in [4.78, 5) is 0. The first kappa shape index (κ1) is 22.4. The molecule has 2 nitrogen and oxygen atoms in total. The van der Waals surface area contributed by atoms with E-state index in [1.165, 1.54) is 36.8 Å². The van der Waals surface area contributed by atoms with Gasteiger partial charge in [0.15, 0.2) is 0 Å². The number of allylic oxidation sites excluding steroid dienone is 1. The molecular weight excluding hydrogens is 296 g/mol. The van der Waals surface area contributed by atoms with E-state index in [1.807, 2.05) is 18.2 Å². The molecule has 0 radical (unpaired) electrons. The molecule has 0 unspecified atom stereocenters. The van der Waals surface area contributed by atoms with Crippen molar-refractivity contribution in [2.24, 2.45) is 0 Å². The molecule has 0 aromatic heterocycles. The van der Waals surface area contributed by atoms with Gasteiger partial charge in [-0.25, -0.2) is 0 Å². The Bertz CT molecular complexity index is 466. The van der Waals surface area contributed by atoms with Crippen molar-refractivity contribution >= 4 is 5.57 Å². The van der Waals surface area contributed by atoms with E-state index < -0.39 is 0 Å². The molecule has 1 rings (SSSR count). The van der Waals surface area contributed by atoms with Gasteiger partial charge in [0.25, 0.3) is 0 Å². The molecule has 24 heavy (non-hydrogen) atoms. The summed E-state index contributed by atoms with van der Waals surface area (Å²) in [6.45, 7) is 4.77.